The summed E-state index contributed by atoms with van der Waals surface area (Å²) >= 11 is 0. The van der Waals surface area contributed by atoms with Gasteiger partial charge in [-0.15, -0.1) is 0 Å². The van der Waals surface area contributed by atoms with E-state index in [0.29, 0.717) is 11.6 Å². The van der Waals surface area contributed by atoms with Gasteiger partial charge < -0.3 is 16.4 Å². The molecule has 13 heavy (non-hydrogen) atoms. The number of nitrogens with two attached hydrogens (primary N) is 1. The Kier molecular flexibility index (Phi) is 3.08. The Hall–Kier alpha value is -1.78. The minimum Gasteiger partial charge on any atom is -0.384 e. The number of likely N-dealkylation sites (N-methyl/N-ethyl adjacent to an activating group) is 1. The van der Waals surface area contributed by atoms with E-state index < -0.39 is 0 Å². The molecule has 1 aromatic heterocycles. The topological polar surface area (TPSA) is 80.0 Å². The molecule has 4 N–H and O–H groups in total. The molecule has 0 aliphatic heterocycles. The van der Waals surface area contributed by atoms with Crippen LogP contribution < -0.4 is 16.4 Å². The fourth-order valence-electron chi connectivity index (χ4n) is 0.809. The molecule has 0 radical (unpaired) electrons. The van der Waals surface area contributed by atoms with Crippen LogP contribution in [0.15, 0.2) is 18.2 Å². The number of nitrogens with zero attached hydrogens (tertiary/aromatic N) is 1. The van der Waals surface area contributed by atoms with Gasteiger partial charge >= 0.3 is 0 Å². The summed E-state index contributed by atoms with van der Waals surface area (Å²) in [6.45, 7) is 0.201. The first-order chi connectivity index (χ1) is 6.22. The highest BCUT2D eigenvalue weighted by atomic mass is 16.1. The minimum absolute atomic E-state index is 0.0933. The van der Waals surface area contributed by atoms with Crippen LogP contribution in [0.2, 0.25) is 0 Å². The Balaban J connectivity index is 2.50. The van der Waals surface area contributed by atoms with Gasteiger partial charge in [-0.3, -0.25) is 4.79 Å². The second-order valence-electron chi connectivity index (χ2n) is 2.47. The van der Waals surface area contributed by atoms with Crippen LogP contribution in [0, 0.1) is 0 Å². The fourth-order valence-corrected chi connectivity index (χ4v) is 0.809. The Morgan fingerprint density at radius 3 is 3.00 bits per heavy atom. The van der Waals surface area contributed by atoms with E-state index in [1.807, 2.05) is 0 Å². The maximum atomic E-state index is 10.8. The first-order valence-corrected chi connectivity index (χ1v) is 3.89. The number of rotatable bonds is 3. The number of aromatic nitrogens is 1. The summed E-state index contributed by atoms with van der Waals surface area (Å²) in [5.74, 6) is 0.940. The predicted octanol–water partition coefficient (Wildman–Crippen LogP) is -0.178. The monoisotopic (exact) mass is 180 g/mol. The van der Waals surface area contributed by atoms with E-state index in [-0.39, 0.29) is 12.5 Å². The summed E-state index contributed by atoms with van der Waals surface area (Å²) in [5, 5.41) is 5.32. The standard InChI is InChI=1S/C8H12N4O/c1-10-8(13)5-11-7-4-2-3-6(9)12-7/h2-4H,5H2,1H3,(H,10,13)(H3,9,11,12). The van der Waals surface area contributed by atoms with E-state index in [4.69, 9.17) is 5.73 Å². The van der Waals surface area contributed by atoms with Gasteiger partial charge in [-0.1, -0.05) is 6.07 Å². The molecule has 5 heteroatoms. The fraction of sp³-hybridized carbons (Fsp3) is 0.250. The van der Waals surface area contributed by atoms with Crippen LogP contribution >= 0.6 is 0 Å². The number of anilines is 2. The van der Waals surface area contributed by atoms with Crippen molar-refractivity contribution in [2.24, 2.45) is 0 Å². The highest BCUT2D eigenvalue weighted by Crippen LogP contribution is 2.04. The first-order valence-electron chi connectivity index (χ1n) is 3.89. The molecule has 1 amide bonds. The SMILES string of the molecule is CNC(=O)CNc1cccc(N)n1. The van der Waals surface area contributed by atoms with Gasteiger partial charge in [-0.25, -0.2) is 4.98 Å². The van der Waals surface area contributed by atoms with Gasteiger partial charge in [-0.05, 0) is 12.1 Å². The van der Waals surface area contributed by atoms with E-state index in [9.17, 15) is 4.79 Å². The zero-order chi connectivity index (χ0) is 9.68. The molecule has 0 unspecified atom stereocenters. The smallest absolute Gasteiger partial charge is 0.239 e. The van der Waals surface area contributed by atoms with Crippen molar-refractivity contribution >= 4 is 17.5 Å². The van der Waals surface area contributed by atoms with Gasteiger partial charge in [0, 0.05) is 7.05 Å². The quantitative estimate of drug-likeness (QED) is 0.603. The average molecular weight is 180 g/mol. The van der Waals surface area contributed by atoms with Gasteiger partial charge in [0.05, 0.1) is 6.54 Å². The van der Waals surface area contributed by atoms with Gasteiger partial charge in [-0.2, -0.15) is 0 Å². The molecular weight excluding hydrogens is 168 g/mol. The molecule has 0 aliphatic carbocycles. The van der Waals surface area contributed by atoms with Crippen molar-refractivity contribution in [2.45, 2.75) is 0 Å². The molecule has 1 rings (SSSR count). The van der Waals surface area contributed by atoms with Crippen molar-refractivity contribution in [3.05, 3.63) is 18.2 Å². The van der Waals surface area contributed by atoms with Crippen LogP contribution in [0.3, 0.4) is 0 Å². The summed E-state index contributed by atoms with van der Waals surface area (Å²) in [6, 6.07) is 5.21. The lowest BCUT2D eigenvalue weighted by Gasteiger charge is -2.04. The summed E-state index contributed by atoms with van der Waals surface area (Å²) in [5.41, 5.74) is 5.45. The lowest BCUT2D eigenvalue weighted by Crippen LogP contribution is -2.26. The number of carbonyl (C=O) groups excluding carboxylic acids is 1. The zero-order valence-corrected chi connectivity index (χ0v) is 7.37. The Labute approximate surface area is 76.3 Å². The van der Waals surface area contributed by atoms with Crippen molar-refractivity contribution in [3.8, 4) is 0 Å². The normalized spacial score (nSPS) is 9.31. The van der Waals surface area contributed by atoms with E-state index in [0.717, 1.165) is 0 Å². The number of pyridine rings is 1. The lowest BCUT2D eigenvalue weighted by atomic mass is 10.4. The summed E-state index contributed by atoms with van der Waals surface area (Å²) in [4.78, 5) is 14.8. The van der Waals surface area contributed by atoms with Gasteiger partial charge in [0.25, 0.3) is 0 Å². The van der Waals surface area contributed by atoms with E-state index in [1.165, 1.54) is 0 Å². The van der Waals surface area contributed by atoms with E-state index in [1.54, 1.807) is 25.2 Å². The molecule has 1 aromatic rings. The highest BCUT2D eigenvalue weighted by molar-refractivity contribution is 5.80. The molecule has 70 valence electrons. The van der Waals surface area contributed by atoms with Crippen LogP contribution in [-0.4, -0.2) is 24.5 Å². The second kappa shape index (κ2) is 4.30. The number of carbonyl (C=O) groups is 1. The summed E-state index contributed by atoms with van der Waals surface area (Å²) < 4.78 is 0. The number of nitrogens with one attached hydrogen (secondary N) is 2. The predicted molar refractivity (Wildman–Crippen MR) is 51.2 cm³/mol. The Morgan fingerprint density at radius 2 is 2.38 bits per heavy atom. The molecule has 0 bridgehead atoms. The number of hydrogen-bond donors (Lipinski definition) is 3. The molecule has 0 aliphatic rings. The van der Waals surface area contributed by atoms with E-state index >= 15 is 0 Å². The minimum atomic E-state index is -0.0933. The molecule has 0 atom stereocenters. The molecule has 0 aromatic carbocycles. The van der Waals surface area contributed by atoms with Gasteiger partial charge in [0.15, 0.2) is 0 Å². The first kappa shape index (κ1) is 9.31. The van der Waals surface area contributed by atoms with Crippen molar-refractivity contribution in [2.75, 3.05) is 24.6 Å². The maximum absolute atomic E-state index is 10.8. The van der Waals surface area contributed by atoms with Crippen LogP contribution in [0.5, 0.6) is 0 Å². The number of amides is 1. The third-order valence-electron chi connectivity index (χ3n) is 1.48. The summed E-state index contributed by atoms with van der Waals surface area (Å²) in [6.07, 6.45) is 0. The molecule has 0 fully saturated rings. The highest BCUT2D eigenvalue weighted by Gasteiger charge is 1.97. The molecule has 0 saturated carbocycles. The van der Waals surface area contributed by atoms with Crippen molar-refractivity contribution in [3.63, 3.8) is 0 Å². The third kappa shape index (κ3) is 2.98. The molecular formula is C8H12N4O. The average Bonchev–Trinajstić information content (AvgIpc) is 2.14. The Morgan fingerprint density at radius 1 is 1.62 bits per heavy atom. The zero-order valence-electron chi connectivity index (χ0n) is 7.37. The van der Waals surface area contributed by atoms with Crippen LogP contribution in [0.4, 0.5) is 11.6 Å². The van der Waals surface area contributed by atoms with Crippen molar-refractivity contribution in [1.82, 2.24) is 10.3 Å². The van der Waals surface area contributed by atoms with Crippen LogP contribution in [0.1, 0.15) is 0 Å². The summed E-state index contributed by atoms with van der Waals surface area (Å²) in [7, 11) is 1.58. The van der Waals surface area contributed by atoms with E-state index in [2.05, 4.69) is 15.6 Å². The number of hydrogen-bond acceptors (Lipinski definition) is 4. The number of nitrogen functional groups attached to an aromatic ring is 1. The molecule has 0 spiro atoms. The molecule has 1 heterocycles. The molecule has 0 saturated heterocycles. The maximum Gasteiger partial charge on any atom is 0.239 e. The van der Waals surface area contributed by atoms with Crippen LogP contribution in [0.25, 0.3) is 0 Å². The second-order valence-corrected chi connectivity index (χ2v) is 2.47. The lowest BCUT2D eigenvalue weighted by molar-refractivity contribution is -0.118. The van der Waals surface area contributed by atoms with Crippen LogP contribution in [-0.2, 0) is 4.79 Å². The van der Waals surface area contributed by atoms with Gasteiger partial charge in [0.2, 0.25) is 5.91 Å². The molecule has 5 nitrogen and oxygen atoms in total. The van der Waals surface area contributed by atoms with Crippen molar-refractivity contribution < 1.29 is 4.79 Å². The largest absolute Gasteiger partial charge is 0.384 e. The van der Waals surface area contributed by atoms with Gasteiger partial charge in [0.1, 0.15) is 11.6 Å². The third-order valence-corrected chi connectivity index (χ3v) is 1.48. The Bertz CT molecular complexity index is 300. The van der Waals surface area contributed by atoms with Crippen molar-refractivity contribution in [1.29, 1.82) is 0 Å².